The summed E-state index contributed by atoms with van der Waals surface area (Å²) in [6, 6.07) is 0. The molecule has 1 saturated heterocycles. The normalized spacial score (nSPS) is 16.2. The van der Waals surface area contributed by atoms with E-state index in [-0.39, 0.29) is 11.0 Å². The highest BCUT2D eigenvalue weighted by Gasteiger charge is 2.17. The molecule has 2 heterocycles. The standard InChI is InChI=1S/C12H18N2O.2H2O/c1-9-5-4-6-14(7-9)8-12-10(2)13-15-11(12)3;;/h1,4-8H2,2-3H3;2*1H2. The summed E-state index contributed by atoms with van der Waals surface area (Å²) in [5.74, 6) is 0.948. The highest BCUT2D eigenvalue weighted by molar-refractivity contribution is 5.21. The van der Waals surface area contributed by atoms with Crippen LogP contribution >= 0.6 is 0 Å². The lowest BCUT2D eigenvalue weighted by molar-refractivity contribution is 0.256. The third-order valence-corrected chi connectivity index (χ3v) is 3.01. The number of aryl methyl sites for hydroxylation is 2. The molecule has 4 N–H and O–H groups in total. The average molecular weight is 242 g/mol. The van der Waals surface area contributed by atoms with Crippen LogP contribution in [0, 0.1) is 13.8 Å². The number of nitrogens with zero attached hydrogens (tertiary/aromatic N) is 2. The van der Waals surface area contributed by atoms with Crippen LogP contribution in [0.1, 0.15) is 29.9 Å². The summed E-state index contributed by atoms with van der Waals surface area (Å²) < 4.78 is 5.16. The van der Waals surface area contributed by atoms with Crippen LogP contribution < -0.4 is 0 Å². The van der Waals surface area contributed by atoms with Gasteiger partial charge in [-0.2, -0.15) is 0 Å². The third kappa shape index (κ3) is 3.66. The number of likely N-dealkylation sites (tertiary alicyclic amines) is 1. The molecule has 1 fully saturated rings. The monoisotopic (exact) mass is 242 g/mol. The summed E-state index contributed by atoms with van der Waals surface area (Å²) >= 11 is 0. The molecule has 0 aliphatic carbocycles. The summed E-state index contributed by atoms with van der Waals surface area (Å²) in [6.07, 6.45) is 2.40. The number of hydrogen-bond acceptors (Lipinski definition) is 3. The van der Waals surface area contributed by atoms with Gasteiger partial charge in [0.25, 0.3) is 0 Å². The van der Waals surface area contributed by atoms with Gasteiger partial charge in [0, 0.05) is 18.7 Å². The molecular formula is C12H22N2O3. The zero-order valence-electron chi connectivity index (χ0n) is 10.5. The second-order valence-corrected chi connectivity index (χ2v) is 4.37. The van der Waals surface area contributed by atoms with Gasteiger partial charge < -0.3 is 15.5 Å². The van der Waals surface area contributed by atoms with E-state index in [9.17, 15) is 0 Å². The van der Waals surface area contributed by atoms with Crippen molar-refractivity contribution in [2.75, 3.05) is 13.1 Å². The molecular weight excluding hydrogens is 220 g/mol. The van der Waals surface area contributed by atoms with Crippen molar-refractivity contribution in [1.29, 1.82) is 0 Å². The Morgan fingerprint density at radius 2 is 2.06 bits per heavy atom. The highest BCUT2D eigenvalue weighted by atomic mass is 16.5. The van der Waals surface area contributed by atoms with E-state index in [0.717, 1.165) is 31.1 Å². The van der Waals surface area contributed by atoms with Crippen molar-refractivity contribution in [3.8, 4) is 0 Å². The molecule has 17 heavy (non-hydrogen) atoms. The van der Waals surface area contributed by atoms with E-state index in [1.54, 1.807) is 0 Å². The van der Waals surface area contributed by atoms with Crippen LogP contribution in [0.5, 0.6) is 0 Å². The average Bonchev–Trinajstić information content (AvgIpc) is 2.50. The Bertz CT molecular complexity index is 354. The summed E-state index contributed by atoms with van der Waals surface area (Å²) in [6.45, 7) is 11.2. The summed E-state index contributed by atoms with van der Waals surface area (Å²) in [4.78, 5) is 2.42. The number of hydrogen-bond donors (Lipinski definition) is 0. The Morgan fingerprint density at radius 1 is 1.35 bits per heavy atom. The molecule has 2 rings (SSSR count). The summed E-state index contributed by atoms with van der Waals surface area (Å²) in [5, 5.41) is 3.98. The molecule has 0 amide bonds. The fraction of sp³-hybridized carbons (Fsp3) is 0.583. The summed E-state index contributed by atoms with van der Waals surface area (Å²) in [5.41, 5.74) is 3.60. The van der Waals surface area contributed by atoms with Crippen molar-refractivity contribution in [3.05, 3.63) is 29.2 Å². The first-order valence-electron chi connectivity index (χ1n) is 5.47. The molecule has 5 nitrogen and oxygen atoms in total. The Morgan fingerprint density at radius 3 is 2.59 bits per heavy atom. The van der Waals surface area contributed by atoms with Gasteiger partial charge in [0.15, 0.2) is 0 Å². The Kier molecular flexibility index (Phi) is 6.09. The van der Waals surface area contributed by atoms with Crippen molar-refractivity contribution < 1.29 is 15.5 Å². The quantitative estimate of drug-likeness (QED) is 0.718. The van der Waals surface area contributed by atoms with Gasteiger partial charge in [0.1, 0.15) is 5.76 Å². The first kappa shape index (κ1) is 15.8. The van der Waals surface area contributed by atoms with E-state index in [2.05, 4.69) is 16.6 Å². The molecule has 1 aliphatic rings. The topological polar surface area (TPSA) is 92.3 Å². The second-order valence-electron chi connectivity index (χ2n) is 4.37. The maximum atomic E-state index is 5.16. The molecule has 0 radical (unpaired) electrons. The van der Waals surface area contributed by atoms with Gasteiger partial charge in [-0.3, -0.25) is 4.90 Å². The van der Waals surface area contributed by atoms with Crippen molar-refractivity contribution in [1.82, 2.24) is 10.1 Å². The highest BCUT2D eigenvalue weighted by Crippen LogP contribution is 2.19. The van der Waals surface area contributed by atoms with Crippen molar-refractivity contribution in [2.45, 2.75) is 33.2 Å². The predicted octanol–water partition coefficient (Wildman–Crippen LogP) is 0.794. The van der Waals surface area contributed by atoms with Crippen LogP contribution in [0.3, 0.4) is 0 Å². The first-order valence-corrected chi connectivity index (χ1v) is 5.47. The van der Waals surface area contributed by atoms with Crippen molar-refractivity contribution >= 4 is 0 Å². The van der Waals surface area contributed by atoms with Gasteiger partial charge in [-0.15, -0.1) is 0 Å². The van der Waals surface area contributed by atoms with Gasteiger partial charge in [-0.05, 0) is 33.2 Å². The van der Waals surface area contributed by atoms with Crippen LogP contribution in [0.4, 0.5) is 0 Å². The van der Waals surface area contributed by atoms with E-state index in [1.165, 1.54) is 24.0 Å². The Hall–Kier alpha value is -1.17. The van der Waals surface area contributed by atoms with Gasteiger partial charge >= 0.3 is 0 Å². The zero-order valence-corrected chi connectivity index (χ0v) is 10.5. The predicted molar refractivity (Wildman–Crippen MR) is 66.9 cm³/mol. The van der Waals surface area contributed by atoms with Crippen molar-refractivity contribution in [3.63, 3.8) is 0 Å². The van der Waals surface area contributed by atoms with Crippen LogP contribution in [0.25, 0.3) is 0 Å². The van der Waals surface area contributed by atoms with Gasteiger partial charge in [-0.25, -0.2) is 0 Å². The lowest BCUT2D eigenvalue weighted by atomic mass is 10.1. The number of piperidine rings is 1. The smallest absolute Gasteiger partial charge is 0.138 e. The van der Waals surface area contributed by atoms with E-state index in [1.807, 2.05) is 13.8 Å². The fourth-order valence-corrected chi connectivity index (χ4v) is 2.11. The molecule has 0 bridgehead atoms. The van der Waals surface area contributed by atoms with Crippen molar-refractivity contribution in [2.24, 2.45) is 0 Å². The number of rotatable bonds is 2. The lowest BCUT2D eigenvalue weighted by Crippen LogP contribution is -2.30. The molecule has 0 aromatic carbocycles. The molecule has 1 aromatic heterocycles. The maximum Gasteiger partial charge on any atom is 0.138 e. The van der Waals surface area contributed by atoms with E-state index in [0.29, 0.717) is 0 Å². The van der Waals surface area contributed by atoms with Gasteiger partial charge in [0.05, 0.1) is 5.69 Å². The van der Waals surface area contributed by atoms with E-state index >= 15 is 0 Å². The van der Waals surface area contributed by atoms with E-state index in [4.69, 9.17) is 4.52 Å². The van der Waals surface area contributed by atoms with Crippen LogP contribution in [0.2, 0.25) is 0 Å². The zero-order chi connectivity index (χ0) is 10.8. The molecule has 0 atom stereocenters. The Labute approximate surface area is 102 Å². The van der Waals surface area contributed by atoms with Crippen LogP contribution in [-0.2, 0) is 6.54 Å². The number of aromatic nitrogens is 1. The molecule has 5 heteroatoms. The van der Waals surface area contributed by atoms with Crippen LogP contribution in [-0.4, -0.2) is 34.1 Å². The minimum Gasteiger partial charge on any atom is -0.412 e. The molecule has 98 valence electrons. The SMILES string of the molecule is C=C1CCCN(Cc2c(C)noc2C)C1.O.O. The molecule has 1 aromatic rings. The fourth-order valence-electron chi connectivity index (χ4n) is 2.11. The first-order chi connectivity index (χ1) is 7.16. The van der Waals surface area contributed by atoms with E-state index < -0.39 is 0 Å². The lowest BCUT2D eigenvalue weighted by Gasteiger charge is -2.27. The molecule has 0 saturated carbocycles. The van der Waals surface area contributed by atoms with Gasteiger partial charge in [0.2, 0.25) is 0 Å². The minimum atomic E-state index is 0. The largest absolute Gasteiger partial charge is 0.412 e. The summed E-state index contributed by atoms with van der Waals surface area (Å²) in [7, 11) is 0. The maximum absolute atomic E-state index is 5.16. The van der Waals surface area contributed by atoms with Crippen LogP contribution in [0.15, 0.2) is 16.7 Å². The van der Waals surface area contributed by atoms with Gasteiger partial charge in [-0.1, -0.05) is 17.3 Å². The molecule has 1 aliphatic heterocycles. The Balaban J connectivity index is 0.00000128. The minimum absolute atomic E-state index is 0. The second kappa shape index (κ2) is 6.54. The molecule has 0 unspecified atom stereocenters. The molecule has 0 spiro atoms. The third-order valence-electron chi connectivity index (χ3n) is 3.01.